The third-order valence-electron chi connectivity index (χ3n) is 3.70. The monoisotopic (exact) mass is 361 g/mol. The maximum atomic E-state index is 11.0. The zero-order chi connectivity index (χ0) is 16.2. The second-order valence-corrected chi connectivity index (χ2v) is 6.92. The standard InChI is InChI=1S/C18H20BrNO2/c1-18(2,15-6-8-16(19)9-7-15)12-20-11-13-4-3-5-14(10-13)17(21)22/h3-10,20H,11-12H2,1-2H3,(H,21,22). The van der Waals surface area contributed by atoms with Gasteiger partial charge in [0.2, 0.25) is 0 Å². The average Bonchev–Trinajstić information content (AvgIpc) is 2.48. The van der Waals surface area contributed by atoms with Gasteiger partial charge in [-0.15, -0.1) is 0 Å². The molecular formula is C18H20BrNO2. The normalized spacial score (nSPS) is 11.4. The Bertz CT molecular complexity index is 650. The van der Waals surface area contributed by atoms with Crippen LogP contribution in [0.4, 0.5) is 0 Å². The molecule has 0 aliphatic rings. The van der Waals surface area contributed by atoms with E-state index in [0.717, 1.165) is 16.6 Å². The van der Waals surface area contributed by atoms with Crippen molar-refractivity contribution in [1.82, 2.24) is 5.32 Å². The molecule has 0 radical (unpaired) electrons. The molecule has 4 heteroatoms. The smallest absolute Gasteiger partial charge is 0.335 e. The fraction of sp³-hybridized carbons (Fsp3) is 0.278. The first-order valence-corrected chi connectivity index (χ1v) is 7.97. The summed E-state index contributed by atoms with van der Waals surface area (Å²) in [7, 11) is 0. The van der Waals surface area contributed by atoms with Gasteiger partial charge in [0.15, 0.2) is 0 Å². The maximum Gasteiger partial charge on any atom is 0.335 e. The van der Waals surface area contributed by atoms with E-state index >= 15 is 0 Å². The van der Waals surface area contributed by atoms with Gasteiger partial charge in [-0.25, -0.2) is 4.79 Å². The van der Waals surface area contributed by atoms with Crippen molar-refractivity contribution < 1.29 is 9.90 Å². The van der Waals surface area contributed by atoms with E-state index in [2.05, 4.69) is 47.2 Å². The van der Waals surface area contributed by atoms with Crippen LogP contribution in [0.25, 0.3) is 0 Å². The van der Waals surface area contributed by atoms with Crippen molar-refractivity contribution in [2.75, 3.05) is 6.54 Å². The van der Waals surface area contributed by atoms with Crippen molar-refractivity contribution in [3.05, 3.63) is 69.7 Å². The van der Waals surface area contributed by atoms with Gasteiger partial charge >= 0.3 is 5.97 Å². The van der Waals surface area contributed by atoms with E-state index < -0.39 is 5.97 Å². The third-order valence-corrected chi connectivity index (χ3v) is 4.22. The van der Waals surface area contributed by atoms with E-state index in [4.69, 9.17) is 5.11 Å². The number of carboxylic acids is 1. The summed E-state index contributed by atoms with van der Waals surface area (Å²) in [4.78, 5) is 11.0. The van der Waals surface area contributed by atoms with Crippen LogP contribution in [0.2, 0.25) is 0 Å². The second-order valence-electron chi connectivity index (χ2n) is 6.00. The molecule has 0 saturated heterocycles. The molecule has 0 aliphatic carbocycles. The summed E-state index contributed by atoms with van der Waals surface area (Å²) >= 11 is 3.45. The lowest BCUT2D eigenvalue weighted by Gasteiger charge is -2.26. The fourth-order valence-corrected chi connectivity index (χ4v) is 2.60. The topological polar surface area (TPSA) is 49.3 Å². The Kier molecular flexibility index (Phi) is 5.37. The zero-order valence-electron chi connectivity index (χ0n) is 12.8. The zero-order valence-corrected chi connectivity index (χ0v) is 14.4. The van der Waals surface area contributed by atoms with E-state index in [9.17, 15) is 4.79 Å². The Morgan fingerprint density at radius 1 is 1.18 bits per heavy atom. The summed E-state index contributed by atoms with van der Waals surface area (Å²) < 4.78 is 1.07. The summed E-state index contributed by atoms with van der Waals surface area (Å²) in [5, 5.41) is 12.4. The summed E-state index contributed by atoms with van der Waals surface area (Å²) in [6.45, 7) is 5.85. The molecule has 0 fully saturated rings. The molecule has 0 aliphatic heterocycles. The fourth-order valence-electron chi connectivity index (χ4n) is 2.34. The van der Waals surface area contributed by atoms with Gasteiger partial charge in [-0.05, 0) is 35.4 Å². The van der Waals surface area contributed by atoms with E-state index in [1.165, 1.54) is 5.56 Å². The van der Waals surface area contributed by atoms with Gasteiger partial charge in [-0.1, -0.05) is 54.0 Å². The minimum atomic E-state index is -0.892. The molecule has 2 rings (SSSR count). The number of hydrogen-bond donors (Lipinski definition) is 2. The Morgan fingerprint density at radius 3 is 2.50 bits per heavy atom. The molecule has 0 amide bonds. The first-order chi connectivity index (χ1) is 10.4. The lowest BCUT2D eigenvalue weighted by Crippen LogP contribution is -2.32. The first kappa shape index (κ1) is 16.7. The van der Waals surface area contributed by atoms with Crippen molar-refractivity contribution in [2.45, 2.75) is 25.8 Å². The van der Waals surface area contributed by atoms with Crippen LogP contribution in [0.15, 0.2) is 53.0 Å². The Morgan fingerprint density at radius 2 is 1.86 bits per heavy atom. The van der Waals surface area contributed by atoms with Crippen LogP contribution in [-0.2, 0) is 12.0 Å². The molecule has 0 saturated carbocycles. The number of rotatable bonds is 6. The molecule has 116 valence electrons. The molecule has 0 bridgehead atoms. The minimum absolute atomic E-state index is 0.00507. The maximum absolute atomic E-state index is 11.0. The predicted octanol–water partition coefficient (Wildman–Crippen LogP) is 4.21. The highest BCUT2D eigenvalue weighted by Gasteiger charge is 2.19. The van der Waals surface area contributed by atoms with Crippen LogP contribution < -0.4 is 5.32 Å². The summed E-state index contributed by atoms with van der Waals surface area (Å²) in [5.41, 5.74) is 2.57. The van der Waals surface area contributed by atoms with E-state index in [-0.39, 0.29) is 5.41 Å². The van der Waals surface area contributed by atoms with Gasteiger partial charge in [0.25, 0.3) is 0 Å². The number of carbonyl (C=O) groups is 1. The van der Waals surface area contributed by atoms with Crippen LogP contribution in [-0.4, -0.2) is 17.6 Å². The average molecular weight is 362 g/mol. The molecule has 0 aromatic heterocycles. The predicted molar refractivity (Wildman–Crippen MR) is 92.3 cm³/mol. The minimum Gasteiger partial charge on any atom is -0.478 e. The van der Waals surface area contributed by atoms with Crippen LogP contribution in [0.5, 0.6) is 0 Å². The molecule has 22 heavy (non-hydrogen) atoms. The summed E-state index contributed by atoms with van der Waals surface area (Å²) in [5.74, 6) is -0.892. The van der Waals surface area contributed by atoms with Crippen molar-refractivity contribution in [3.63, 3.8) is 0 Å². The van der Waals surface area contributed by atoms with Gasteiger partial charge in [-0.2, -0.15) is 0 Å². The van der Waals surface area contributed by atoms with Crippen LogP contribution in [0.1, 0.15) is 35.3 Å². The Labute approximate surface area is 139 Å². The van der Waals surface area contributed by atoms with Gasteiger partial charge in [-0.3, -0.25) is 0 Å². The molecule has 0 heterocycles. The van der Waals surface area contributed by atoms with Crippen molar-refractivity contribution in [1.29, 1.82) is 0 Å². The van der Waals surface area contributed by atoms with Crippen molar-refractivity contribution >= 4 is 21.9 Å². The summed E-state index contributed by atoms with van der Waals surface area (Å²) in [6, 6.07) is 15.4. The Hall–Kier alpha value is -1.65. The van der Waals surface area contributed by atoms with E-state index in [1.54, 1.807) is 18.2 Å². The molecule has 0 spiro atoms. The quantitative estimate of drug-likeness (QED) is 0.809. The third kappa shape index (κ3) is 4.42. The molecule has 0 unspecified atom stereocenters. The molecule has 2 aromatic carbocycles. The number of aromatic carboxylic acids is 1. The van der Waals surface area contributed by atoms with Crippen molar-refractivity contribution in [3.8, 4) is 0 Å². The summed E-state index contributed by atoms with van der Waals surface area (Å²) in [6.07, 6.45) is 0. The highest BCUT2D eigenvalue weighted by molar-refractivity contribution is 9.10. The highest BCUT2D eigenvalue weighted by Crippen LogP contribution is 2.24. The number of hydrogen-bond acceptors (Lipinski definition) is 2. The van der Waals surface area contributed by atoms with E-state index in [0.29, 0.717) is 12.1 Å². The van der Waals surface area contributed by atoms with Crippen LogP contribution >= 0.6 is 15.9 Å². The largest absolute Gasteiger partial charge is 0.478 e. The molecule has 0 atom stereocenters. The lowest BCUT2D eigenvalue weighted by atomic mass is 9.84. The molecule has 2 N–H and O–H groups in total. The molecular weight excluding hydrogens is 342 g/mol. The van der Waals surface area contributed by atoms with E-state index in [1.807, 2.05) is 18.2 Å². The number of halogens is 1. The van der Waals surface area contributed by atoms with Crippen LogP contribution in [0.3, 0.4) is 0 Å². The number of carboxylic acid groups (broad SMARTS) is 1. The molecule has 2 aromatic rings. The van der Waals surface area contributed by atoms with Gasteiger partial charge in [0, 0.05) is 23.0 Å². The van der Waals surface area contributed by atoms with Gasteiger partial charge in [0.05, 0.1) is 5.56 Å². The van der Waals surface area contributed by atoms with Gasteiger partial charge < -0.3 is 10.4 Å². The number of nitrogens with one attached hydrogen (secondary N) is 1. The van der Waals surface area contributed by atoms with Crippen LogP contribution in [0, 0.1) is 0 Å². The SMILES string of the molecule is CC(C)(CNCc1cccc(C(=O)O)c1)c1ccc(Br)cc1. The number of benzene rings is 2. The lowest BCUT2D eigenvalue weighted by molar-refractivity contribution is 0.0696. The van der Waals surface area contributed by atoms with Gasteiger partial charge in [0.1, 0.15) is 0 Å². The first-order valence-electron chi connectivity index (χ1n) is 7.17. The van der Waals surface area contributed by atoms with Crippen molar-refractivity contribution in [2.24, 2.45) is 0 Å². The Balaban J connectivity index is 1.96. The highest BCUT2D eigenvalue weighted by atomic mass is 79.9. The molecule has 3 nitrogen and oxygen atoms in total. The second kappa shape index (κ2) is 7.07.